The van der Waals surface area contributed by atoms with Crippen molar-refractivity contribution in [1.82, 2.24) is 4.98 Å². The van der Waals surface area contributed by atoms with Gasteiger partial charge in [0.25, 0.3) is 0 Å². The van der Waals surface area contributed by atoms with E-state index in [1.54, 1.807) is 3.58 Å². The number of hydrogen-bond acceptors (Lipinski definition) is 1. The Morgan fingerprint density at radius 3 is 1.90 bits per heavy atom. The van der Waals surface area contributed by atoms with Crippen LogP contribution in [0.1, 0.15) is 59.3 Å². The van der Waals surface area contributed by atoms with Gasteiger partial charge in [-0.25, -0.2) is 0 Å². The van der Waals surface area contributed by atoms with E-state index in [-0.39, 0.29) is 0 Å². The summed E-state index contributed by atoms with van der Waals surface area (Å²) in [6, 6.07) is 2.18. The van der Waals surface area contributed by atoms with Gasteiger partial charge < -0.3 is 0 Å². The van der Waals surface area contributed by atoms with E-state index in [0.29, 0.717) is 5.15 Å². The Morgan fingerprint density at radius 2 is 1.48 bits per heavy atom. The fraction of sp³-hybridized carbons (Fsp3) is 0.706. The summed E-state index contributed by atoms with van der Waals surface area (Å²) in [7, 11) is 0. The molecule has 0 aliphatic heterocycles. The quantitative estimate of drug-likeness (QED) is 0.273. The zero-order valence-electron chi connectivity index (χ0n) is 13.7. The summed E-state index contributed by atoms with van der Waals surface area (Å²) in [5, 5.41) is 0.666. The first-order valence-electron chi connectivity index (χ1n) is 8.41. The van der Waals surface area contributed by atoms with Crippen LogP contribution in [0, 0.1) is 0 Å². The third-order valence-electron chi connectivity index (χ3n) is 4.42. The summed E-state index contributed by atoms with van der Waals surface area (Å²) in [4.78, 5) is 4.25. The first-order valence-corrected chi connectivity index (χ1v) is 17.1. The molecule has 0 bridgehead atoms. The fourth-order valence-corrected chi connectivity index (χ4v) is 22.8. The van der Waals surface area contributed by atoms with E-state index < -0.39 is 18.4 Å². The number of pyridine rings is 1. The molecule has 0 atom stereocenters. The standard InChI is InChI=1S/C5H2BrClN.3C4H9.Sn/c6-4-1-2-5(7)8-3-4;3*1-3-4-2;/h2-3H;3*1,3-4H2,2H3;. The second-order valence-corrected chi connectivity index (χ2v) is 20.4. The van der Waals surface area contributed by atoms with Crippen molar-refractivity contribution < 1.29 is 0 Å². The van der Waals surface area contributed by atoms with E-state index in [9.17, 15) is 0 Å². The molecule has 0 aliphatic carbocycles. The van der Waals surface area contributed by atoms with E-state index in [1.807, 2.05) is 6.20 Å². The molecule has 120 valence electrons. The van der Waals surface area contributed by atoms with Gasteiger partial charge in [-0.15, -0.1) is 0 Å². The van der Waals surface area contributed by atoms with Gasteiger partial charge in [0, 0.05) is 0 Å². The maximum atomic E-state index is 6.23. The summed E-state index contributed by atoms with van der Waals surface area (Å²) in [6.07, 6.45) is 9.93. The van der Waals surface area contributed by atoms with Gasteiger partial charge in [-0.05, 0) is 0 Å². The maximum absolute atomic E-state index is 6.23. The predicted octanol–water partition coefficient (Wildman–Crippen LogP) is 6.55. The Labute approximate surface area is 148 Å². The minimum atomic E-state index is -2.37. The molecule has 0 saturated carbocycles. The molecule has 21 heavy (non-hydrogen) atoms. The van der Waals surface area contributed by atoms with Crippen LogP contribution in [0.3, 0.4) is 0 Å². The van der Waals surface area contributed by atoms with Crippen molar-refractivity contribution in [3.63, 3.8) is 0 Å². The molecule has 1 rings (SSSR count). The molecule has 0 spiro atoms. The van der Waals surface area contributed by atoms with Crippen LogP contribution in [0.25, 0.3) is 0 Å². The van der Waals surface area contributed by atoms with E-state index in [1.165, 1.54) is 56.3 Å². The molecule has 0 saturated heterocycles. The number of unbranched alkanes of at least 4 members (excludes halogenated alkanes) is 3. The fourth-order valence-electron chi connectivity index (χ4n) is 3.14. The molecular formula is C17H29BrClNSn. The van der Waals surface area contributed by atoms with E-state index >= 15 is 0 Å². The van der Waals surface area contributed by atoms with Gasteiger partial charge in [-0.3, -0.25) is 0 Å². The van der Waals surface area contributed by atoms with Crippen LogP contribution in [0.5, 0.6) is 0 Å². The van der Waals surface area contributed by atoms with Crippen molar-refractivity contribution in [2.45, 2.75) is 72.6 Å². The monoisotopic (exact) mass is 481 g/mol. The number of nitrogens with zero attached hydrogens (tertiary/aromatic N) is 1. The normalized spacial score (nSPS) is 11.9. The Morgan fingerprint density at radius 1 is 1.00 bits per heavy atom. The van der Waals surface area contributed by atoms with Crippen molar-refractivity contribution >= 4 is 49.5 Å². The molecule has 0 amide bonds. The van der Waals surface area contributed by atoms with Crippen molar-refractivity contribution in [3.8, 4) is 0 Å². The molecule has 0 aliphatic rings. The third-order valence-corrected chi connectivity index (χ3v) is 22.0. The SMILES string of the molecule is CCC[CH2][Sn]([CH2]CCC)([CH2]CCC)[c]1cc(Cl)ncc1Br. The molecule has 1 heterocycles. The van der Waals surface area contributed by atoms with Crippen LogP contribution < -0.4 is 3.58 Å². The van der Waals surface area contributed by atoms with Crippen LogP contribution in [-0.2, 0) is 0 Å². The Hall–Kier alpha value is 0.719. The van der Waals surface area contributed by atoms with Crippen LogP contribution in [0.2, 0.25) is 18.5 Å². The number of rotatable bonds is 10. The van der Waals surface area contributed by atoms with E-state index in [4.69, 9.17) is 11.6 Å². The molecule has 0 fully saturated rings. The van der Waals surface area contributed by atoms with Crippen LogP contribution >= 0.6 is 27.5 Å². The summed E-state index contributed by atoms with van der Waals surface area (Å²) in [5.74, 6) is 0. The average molecular weight is 481 g/mol. The molecule has 1 aromatic heterocycles. The van der Waals surface area contributed by atoms with Gasteiger partial charge in [-0.1, -0.05) is 0 Å². The van der Waals surface area contributed by atoms with Gasteiger partial charge in [0.05, 0.1) is 0 Å². The first kappa shape index (κ1) is 19.8. The first-order chi connectivity index (χ1) is 10.1. The third kappa shape index (κ3) is 6.02. The molecular weight excluding hydrogens is 452 g/mol. The van der Waals surface area contributed by atoms with Gasteiger partial charge >= 0.3 is 149 Å². The van der Waals surface area contributed by atoms with E-state index in [2.05, 4.69) is 47.8 Å². The van der Waals surface area contributed by atoms with E-state index in [0.717, 1.165) is 0 Å². The van der Waals surface area contributed by atoms with Crippen molar-refractivity contribution in [3.05, 3.63) is 21.9 Å². The topological polar surface area (TPSA) is 12.9 Å². The van der Waals surface area contributed by atoms with Crippen molar-refractivity contribution in [2.75, 3.05) is 0 Å². The van der Waals surface area contributed by atoms with Gasteiger partial charge in [-0.2, -0.15) is 0 Å². The molecule has 0 N–H and O–H groups in total. The Bertz CT molecular complexity index is 403. The summed E-state index contributed by atoms with van der Waals surface area (Å²) >= 11 is 7.63. The summed E-state index contributed by atoms with van der Waals surface area (Å²) in [5.41, 5.74) is 0. The Kier molecular flexibility index (Phi) is 9.87. The molecule has 0 unspecified atom stereocenters. The molecule has 1 aromatic rings. The zero-order chi connectivity index (χ0) is 15.7. The average Bonchev–Trinajstić information content (AvgIpc) is 2.49. The molecule has 4 heteroatoms. The molecule has 0 radical (unpaired) electrons. The van der Waals surface area contributed by atoms with Crippen molar-refractivity contribution in [1.29, 1.82) is 0 Å². The second-order valence-electron chi connectivity index (χ2n) is 6.08. The van der Waals surface area contributed by atoms with Crippen LogP contribution in [0.15, 0.2) is 16.7 Å². The van der Waals surface area contributed by atoms with Crippen LogP contribution in [-0.4, -0.2) is 23.4 Å². The zero-order valence-corrected chi connectivity index (χ0v) is 18.9. The van der Waals surface area contributed by atoms with Crippen LogP contribution in [0.4, 0.5) is 0 Å². The Balaban J connectivity index is 3.19. The number of hydrogen-bond donors (Lipinski definition) is 0. The van der Waals surface area contributed by atoms with Gasteiger partial charge in [0.15, 0.2) is 0 Å². The number of aromatic nitrogens is 1. The van der Waals surface area contributed by atoms with Crippen molar-refractivity contribution in [2.24, 2.45) is 0 Å². The minimum absolute atomic E-state index is 0.666. The predicted molar refractivity (Wildman–Crippen MR) is 101 cm³/mol. The number of halogens is 2. The van der Waals surface area contributed by atoms with Gasteiger partial charge in [0.1, 0.15) is 0 Å². The second kappa shape index (κ2) is 10.5. The summed E-state index contributed by atoms with van der Waals surface area (Å²) < 4.78 is 7.18. The summed E-state index contributed by atoms with van der Waals surface area (Å²) in [6.45, 7) is 6.93. The van der Waals surface area contributed by atoms with Gasteiger partial charge in [0.2, 0.25) is 0 Å². The molecule has 1 nitrogen and oxygen atoms in total. The molecule has 0 aromatic carbocycles.